The van der Waals surface area contributed by atoms with Gasteiger partial charge in [0.1, 0.15) is 13.2 Å². The molecule has 0 bridgehead atoms. The summed E-state index contributed by atoms with van der Waals surface area (Å²) in [4.78, 5) is 37.9. The van der Waals surface area contributed by atoms with E-state index >= 15 is 0 Å². The summed E-state index contributed by atoms with van der Waals surface area (Å²) in [5.74, 6) is -0.890. The number of allylic oxidation sites excluding steroid dienone is 12. The van der Waals surface area contributed by atoms with Crippen molar-refractivity contribution in [2.75, 3.05) is 13.2 Å². The van der Waals surface area contributed by atoms with E-state index in [2.05, 4.69) is 93.7 Å². The smallest absolute Gasteiger partial charge is 0.306 e. The summed E-state index contributed by atoms with van der Waals surface area (Å²) in [5, 5.41) is 0. The summed E-state index contributed by atoms with van der Waals surface area (Å²) in [5.41, 5.74) is 0. The molecule has 0 aliphatic carbocycles. The number of hydrogen-bond acceptors (Lipinski definition) is 6. The second-order valence-corrected chi connectivity index (χ2v) is 17.8. The molecule has 0 radical (unpaired) electrons. The summed E-state index contributed by atoms with van der Waals surface area (Å²) in [7, 11) is 0. The van der Waals surface area contributed by atoms with E-state index < -0.39 is 6.10 Å². The molecule has 0 aliphatic heterocycles. The summed E-state index contributed by atoms with van der Waals surface area (Å²) in [6, 6.07) is 0. The van der Waals surface area contributed by atoms with Crippen molar-refractivity contribution in [1.82, 2.24) is 0 Å². The highest BCUT2D eigenvalue weighted by molar-refractivity contribution is 5.71. The third-order valence-corrected chi connectivity index (χ3v) is 11.5. The van der Waals surface area contributed by atoms with Crippen LogP contribution in [0.4, 0.5) is 0 Å². The Balaban J connectivity index is 4.26. The zero-order chi connectivity index (χ0) is 46.5. The minimum Gasteiger partial charge on any atom is -0.462 e. The molecule has 0 heterocycles. The number of ether oxygens (including phenoxy) is 3. The van der Waals surface area contributed by atoms with Crippen LogP contribution in [0.15, 0.2) is 72.9 Å². The van der Waals surface area contributed by atoms with Crippen LogP contribution in [0.25, 0.3) is 0 Å². The molecule has 0 fully saturated rings. The highest BCUT2D eigenvalue weighted by atomic mass is 16.6. The maximum Gasteiger partial charge on any atom is 0.306 e. The molecule has 0 aromatic carbocycles. The predicted octanol–water partition coefficient (Wildman–Crippen LogP) is 17.8. The Hall–Kier alpha value is -3.15. The first-order valence-electron chi connectivity index (χ1n) is 26.9. The van der Waals surface area contributed by atoms with Crippen LogP contribution < -0.4 is 0 Å². The second-order valence-electron chi connectivity index (χ2n) is 17.8. The lowest BCUT2D eigenvalue weighted by atomic mass is 10.1. The van der Waals surface area contributed by atoms with Gasteiger partial charge >= 0.3 is 17.9 Å². The number of carbonyl (C=O) groups excluding carboxylic acids is 3. The lowest BCUT2D eigenvalue weighted by molar-refractivity contribution is -0.167. The molecule has 0 amide bonds. The van der Waals surface area contributed by atoms with E-state index in [4.69, 9.17) is 14.2 Å². The van der Waals surface area contributed by atoms with E-state index in [1.54, 1.807) is 0 Å². The van der Waals surface area contributed by atoms with E-state index in [1.165, 1.54) is 116 Å². The molecule has 0 aromatic heterocycles. The molecule has 6 nitrogen and oxygen atoms in total. The number of esters is 3. The van der Waals surface area contributed by atoms with E-state index in [0.717, 1.165) is 103 Å². The molecule has 0 saturated carbocycles. The van der Waals surface area contributed by atoms with Gasteiger partial charge in [-0.1, -0.05) is 241 Å². The van der Waals surface area contributed by atoms with Crippen molar-refractivity contribution >= 4 is 17.9 Å². The highest BCUT2D eigenvalue weighted by Crippen LogP contribution is 2.15. The quantitative estimate of drug-likeness (QED) is 0.0262. The number of rotatable bonds is 48. The van der Waals surface area contributed by atoms with Gasteiger partial charge in [0, 0.05) is 19.3 Å². The molecule has 0 rings (SSSR count). The van der Waals surface area contributed by atoms with Crippen molar-refractivity contribution in [2.24, 2.45) is 0 Å². The van der Waals surface area contributed by atoms with Crippen molar-refractivity contribution in [3.63, 3.8) is 0 Å². The zero-order valence-electron chi connectivity index (χ0n) is 42.0. The monoisotopic (exact) mass is 893 g/mol. The highest BCUT2D eigenvalue weighted by Gasteiger charge is 2.19. The van der Waals surface area contributed by atoms with E-state index in [9.17, 15) is 14.4 Å². The number of hydrogen-bond donors (Lipinski definition) is 0. The maximum absolute atomic E-state index is 12.8. The van der Waals surface area contributed by atoms with Gasteiger partial charge in [0.2, 0.25) is 0 Å². The van der Waals surface area contributed by atoms with E-state index in [1.807, 2.05) is 0 Å². The minimum atomic E-state index is -0.776. The molecule has 0 spiro atoms. The van der Waals surface area contributed by atoms with Crippen molar-refractivity contribution in [2.45, 2.75) is 264 Å². The lowest BCUT2D eigenvalue weighted by Gasteiger charge is -2.18. The molecule has 0 N–H and O–H groups in total. The van der Waals surface area contributed by atoms with Crippen molar-refractivity contribution in [3.8, 4) is 0 Å². The Morgan fingerprint density at radius 2 is 0.609 bits per heavy atom. The normalized spacial score (nSPS) is 12.6. The molecule has 64 heavy (non-hydrogen) atoms. The Morgan fingerprint density at radius 1 is 0.328 bits per heavy atom. The van der Waals surface area contributed by atoms with Gasteiger partial charge in [0.25, 0.3) is 0 Å². The number of unbranched alkanes of at least 4 members (excludes halogenated alkanes) is 25. The average molecular weight is 893 g/mol. The summed E-state index contributed by atoms with van der Waals surface area (Å²) in [6.07, 6.45) is 66.1. The third-order valence-electron chi connectivity index (χ3n) is 11.5. The van der Waals surface area contributed by atoms with Crippen LogP contribution in [-0.4, -0.2) is 37.2 Å². The third kappa shape index (κ3) is 49.9. The van der Waals surface area contributed by atoms with Gasteiger partial charge in [-0.05, 0) is 70.6 Å². The fraction of sp³-hybridized carbons (Fsp3) is 0.741. The van der Waals surface area contributed by atoms with Gasteiger partial charge in [-0.3, -0.25) is 14.4 Å². The molecule has 6 heteroatoms. The van der Waals surface area contributed by atoms with Crippen LogP contribution in [0.1, 0.15) is 258 Å². The predicted molar refractivity (Wildman–Crippen MR) is 274 cm³/mol. The summed E-state index contributed by atoms with van der Waals surface area (Å²) < 4.78 is 16.8. The zero-order valence-corrected chi connectivity index (χ0v) is 42.0. The molecule has 1 unspecified atom stereocenters. The van der Waals surface area contributed by atoms with Gasteiger partial charge in [-0.2, -0.15) is 0 Å². The van der Waals surface area contributed by atoms with Crippen LogP contribution in [0, 0.1) is 0 Å². The fourth-order valence-corrected chi connectivity index (χ4v) is 7.45. The largest absolute Gasteiger partial charge is 0.462 e. The van der Waals surface area contributed by atoms with Gasteiger partial charge in [-0.25, -0.2) is 0 Å². The average Bonchev–Trinajstić information content (AvgIpc) is 3.29. The van der Waals surface area contributed by atoms with E-state index in [0.29, 0.717) is 19.3 Å². The second kappa shape index (κ2) is 52.5. The van der Waals surface area contributed by atoms with Crippen molar-refractivity contribution in [3.05, 3.63) is 72.9 Å². The summed E-state index contributed by atoms with van der Waals surface area (Å²) in [6.45, 7) is 6.50. The van der Waals surface area contributed by atoms with Crippen LogP contribution in [0.2, 0.25) is 0 Å². The molecule has 1 atom stereocenters. The number of carbonyl (C=O) groups is 3. The van der Waals surface area contributed by atoms with Gasteiger partial charge < -0.3 is 14.2 Å². The van der Waals surface area contributed by atoms with Crippen LogP contribution in [-0.2, 0) is 28.6 Å². The molecule has 368 valence electrons. The van der Waals surface area contributed by atoms with Crippen molar-refractivity contribution in [1.29, 1.82) is 0 Å². The van der Waals surface area contributed by atoms with Gasteiger partial charge in [0.15, 0.2) is 6.10 Å². The maximum atomic E-state index is 12.8. The Kier molecular flexibility index (Phi) is 49.9. The molecule has 0 aliphatic rings. The standard InChI is InChI=1S/C58H100O6/c1-4-7-10-13-16-19-22-23-24-25-26-27-28-29-30-31-32-33-34-35-37-39-42-45-48-51-57(60)63-54-55(53-62-56(59)50-47-44-41-38-21-18-15-12-9-6-3)64-58(61)52-49-46-43-40-36-20-17-14-11-8-5-2/h7,10,16,19,23-24,26-27,29-30,32-33,55H,4-6,8-9,11-15,17-18,20-22,25,28,31,34-54H2,1-3H3/b10-7-,19-16-,24-23-,27-26-,30-29-,33-32-. The van der Waals surface area contributed by atoms with Crippen LogP contribution in [0.5, 0.6) is 0 Å². The molecule has 0 saturated heterocycles. The Labute approximate surface area is 395 Å². The first-order valence-corrected chi connectivity index (χ1v) is 26.9. The fourth-order valence-electron chi connectivity index (χ4n) is 7.45. The molecular formula is C58H100O6. The van der Waals surface area contributed by atoms with Crippen molar-refractivity contribution < 1.29 is 28.6 Å². The van der Waals surface area contributed by atoms with Gasteiger partial charge in [-0.15, -0.1) is 0 Å². The first kappa shape index (κ1) is 60.9. The molecule has 0 aromatic rings. The SMILES string of the molecule is CC/C=C\C/C=C\C/C=C\C/C=C\C/C=C\C/C=C\CCCCCCCCC(=O)OCC(COC(=O)CCCCCCCCCCCC)OC(=O)CCCCCCCCCCCCC. The van der Waals surface area contributed by atoms with E-state index in [-0.39, 0.29) is 31.1 Å². The first-order chi connectivity index (χ1) is 31.5. The molecular weight excluding hydrogens is 793 g/mol. The topological polar surface area (TPSA) is 78.9 Å². The van der Waals surface area contributed by atoms with Crippen LogP contribution >= 0.6 is 0 Å². The van der Waals surface area contributed by atoms with Gasteiger partial charge in [0.05, 0.1) is 0 Å². The van der Waals surface area contributed by atoms with Crippen LogP contribution in [0.3, 0.4) is 0 Å². The Bertz CT molecular complexity index is 1210. The lowest BCUT2D eigenvalue weighted by Crippen LogP contribution is -2.30. The summed E-state index contributed by atoms with van der Waals surface area (Å²) >= 11 is 0. The Morgan fingerprint density at radius 3 is 0.953 bits per heavy atom. The minimum absolute atomic E-state index is 0.0769.